The van der Waals surface area contributed by atoms with Crippen LogP contribution in [0.1, 0.15) is 11.1 Å². The summed E-state index contributed by atoms with van der Waals surface area (Å²) >= 11 is 5.04. The van der Waals surface area contributed by atoms with E-state index in [4.69, 9.17) is 5.73 Å². The number of nitrogen functional groups attached to an aromatic ring is 1. The molecule has 2 N–H and O–H groups in total. The molecule has 0 aliphatic heterocycles. The fourth-order valence-electron chi connectivity index (χ4n) is 1.46. The van der Waals surface area contributed by atoms with E-state index in [2.05, 4.69) is 46.9 Å². The van der Waals surface area contributed by atoms with Crippen molar-refractivity contribution in [2.24, 2.45) is 0 Å². The van der Waals surface area contributed by atoms with Gasteiger partial charge in [-0.2, -0.15) is 0 Å². The van der Waals surface area contributed by atoms with E-state index in [1.165, 1.54) is 28.0 Å². The maximum atomic E-state index is 5.63. The van der Waals surface area contributed by atoms with E-state index < -0.39 is 0 Å². The molecule has 0 spiro atoms. The Balaban J connectivity index is 2.58. The Morgan fingerprint density at radius 2 is 2.00 bits per heavy atom. The molecule has 0 amide bonds. The number of aromatic nitrogens is 1. The van der Waals surface area contributed by atoms with Gasteiger partial charge in [0.25, 0.3) is 0 Å². The number of hydrogen-bond acceptors (Lipinski definition) is 3. The molecular formula is C11H11BrN2S. The quantitative estimate of drug-likeness (QED) is 0.865. The Morgan fingerprint density at radius 3 is 2.60 bits per heavy atom. The van der Waals surface area contributed by atoms with E-state index in [1.807, 2.05) is 6.20 Å². The van der Waals surface area contributed by atoms with E-state index in [0.717, 1.165) is 9.35 Å². The molecule has 78 valence electrons. The zero-order chi connectivity index (χ0) is 11.0. The maximum absolute atomic E-state index is 5.63. The SMILES string of the molecule is Cc1cc(-c2cnc(N)s2)c(C)cc1Br. The number of benzene rings is 1. The topological polar surface area (TPSA) is 38.9 Å². The number of nitrogens with two attached hydrogens (primary N) is 1. The lowest BCUT2D eigenvalue weighted by Crippen LogP contribution is -1.84. The molecule has 0 fully saturated rings. The number of rotatable bonds is 1. The van der Waals surface area contributed by atoms with Gasteiger partial charge in [-0.1, -0.05) is 27.3 Å². The zero-order valence-corrected chi connectivity index (χ0v) is 10.9. The van der Waals surface area contributed by atoms with Crippen molar-refractivity contribution in [2.45, 2.75) is 13.8 Å². The molecule has 0 saturated heterocycles. The van der Waals surface area contributed by atoms with Crippen LogP contribution in [0.4, 0.5) is 5.13 Å². The molecule has 2 nitrogen and oxygen atoms in total. The molecule has 0 saturated carbocycles. The first kappa shape index (κ1) is 10.6. The standard InChI is InChI=1S/C11H11BrN2S/c1-6-4-9(12)7(2)3-8(6)10-5-14-11(13)15-10/h3-5H,1-2H3,(H2,13,14). The van der Waals surface area contributed by atoms with E-state index >= 15 is 0 Å². The van der Waals surface area contributed by atoms with E-state index in [9.17, 15) is 0 Å². The summed E-state index contributed by atoms with van der Waals surface area (Å²) in [4.78, 5) is 5.20. The van der Waals surface area contributed by atoms with Crippen molar-refractivity contribution in [1.29, 1.82) is 0 Å². The summed E-state index contributed by atoms with van der Waals surface area (Å²) in [5.41, 5.74) is 9.30. The van der Waals surface area contributed by atoms with Crippen molar-refractivity contribution in [3.8, 4) is 10.4 Å². The summed E-state index contributed by atoms with van der Waals surface area (Å²) in [7, 11) is 0. The lowest BCUT2D eigenvalue weighted by atomic mass is 10.1. The normalized spacial score (nSPS) is 10.6. The van der Waals surface area contributed by atoms with Gasteiger partial charge >= 0.3 is 0 Å². The molecule has 1 heterocycles. The lowest BCUT2D eigenvalue weighted by Gasteiger charge is -2.06. The van der Waals surface area contributed by atoms with Gasteiger partial charge in [0.2, 0.25) is 0 Å². The number of hydrogen-bond donors (Lipinski definition) is 1. The van der Waals surface area contributed by atoms with Crippen molar-refractivity contribution in [3.63, 3.8) is 0 Å². The molecule has 0 aliphatic carbocycles. The van der Waals surface area contributed by atoms with Gasteiger partial charge in [0.05, 0.1) is 4.88 Å². The minimum atomic E-state index is 0.616. The van der Waals surface area contributed by atoms with Crippen LogP contribution in [0.5, 0.6) is 0 Å². The highest BCUT2D eigenvalue weighted by atomic mass is 79.9. The van der Waals surface area contributed by atoms with Crippen LogP contribution in [0.3, 0.4) is 0 Å². The third-order valence-corrected chi connectivity index (χ3v) is 4.01. The molecule has 15 heavy (non-hydrogen) atoms. The molecule has 0 atom stereocenters. The van der Waals surface area contributed by atoms with Crippen LogP contribution in [0.2, 0.25) is 0 Å². The van der Waals surface area contributed by atoms with Gasteiger partial charge in [-0.3, -0.25) is 0 Å². The molecule has 1 aromatic carbocycles. The molecule has 0 aliphatic rings. The van der Waals surface area contributed by atoms with Gasteiger partial charge in [0.1, 0.15) is 0 Å². The summed E-state index contributed by atoms with van der Waals surface area (Å²) in [5, 5.41) is 0.616. The van der Waals surface area contributed by atoms with Crippen LogP contribution >= 0.6 is 27.3 Å². The number of nitrogens with zero attached hydrogens (tertiary/aromatic N) is 1. The van der Waals surface area contributed by atoms with Crippen LogP contribution in [0.25, 0.3) is 10.4 Å². The predicted molar refractivity (Wildman–Crippen MR) is 69.1 cm³/mol. The summed E-state index contributed by atoms with van der Waals surface area (Å²) in [6, 6.07) is 4.28. The molecule has 1 aromatic heterocycles. The van der Waals surface area contributed by atoms with Crippen LogP contribution < -0.4 is 5.73 Å². The Bertz CT molecular complexity index is 505. The van der Waals surface area contributed by atoms with Gasteiger partial charge in [0.15, 0.2) is 5.13 Å². The minimum absolute atomic E-state index is 0.616. The first-order valence-electron chi connectivity index (χ1n) is 4.56. The molecule has 0 bridgehead atoms. The Labute approximate surface area is 101 Å². The maximum Gasteiger partial charge on any atom is 0.180 e. The summed E-state index contributed by atoms with van der Waals surface area (Å²) in [6.45, 7) is 4.17. The number of aryl methyl sites for hydroxylation is 2. The van der Waals surface area contributed by atoms with Crippen LogP contribution in [0.15, 0.2) is 22.8 Å². The third-order valence-electron chi connectivity index (χ3n) is 2.29. The number of anilines is 1. The largest absolute Gasteiger partial charge is 0.375 e. The number of halogens is 1. The molecule has 4 heteroatoms. The highest BCUT2D eigenvalue weighted by Crippen LogP contribution is 2.33. The average Bonchev–Trinajstić information content (AvgIpc) is 2.58. The molecule has 2 rings (SSSR count). The van der Waals surface area contributed by atoms with Gasteiger partial charge in [0, 0.05) is 10.7 Å². The van der Waals surface area contributed by atoms with Crippen molar-refractivity contribution < 1.29 is 0 Å². The summed E-state index contributed by atoms with van der Waals surface area (Å²) in [5.74, 6) is 0. The van der Waals surface area contributed by atoms with E-state index in [0.29, 0.717) is 5.13 Å². The van der Waals surface area contributed by atoms with Crippen molar-refractivity contribution in [1.82, 2.24) is 4.98 Å². The third kappa shape index (κ3) is 2.06. The predicted octanol–water partition coefficient (Wildman–Crippen LogP) is 3.77. The Kier molecular flexibility index (Phi) is 2.80. The van der Waals surface area contributed by atoms with Crippen molar-refractivity contribution in [2.75, 3.05) is 5.73 Å². The van der Waals surface area contributed by atoms with Crippen LogP contribution in [-0.2, 0) is 0 Å². The zero-order valence-electron chi connectivity index (χ0n) is 8.54. The molecular weight excluding hydrogens is 272 g/mol. The van der Waals surface area contributed by atoms with Crippen LogP contribution in [0, 0.1) is 13.8 Å². The second-order valence-electron chi connectivity index (χ2n) is 3.48. The molecule has 0 unspecified atom stereocenters. The summed E-state index contributed by atoms with van der Waals surface area (Å²) in [6.07, 6.45) is 1.83. The highest BCUT2D eigenvalue weighted by Gasteiger charge is 2.07. The fourth-order valence-corrected chi connectivity index (χ4v) is 2.68. The average molecular weight is 283 g/mol. The van der Waals surface area contributed by atoms with Gasteiger partial charge in [-0.05, 0) is 42.7 Å². The first-order valence-corrected chi connectivity index (χ1v) is 6.17. The highest BCUT2D eigenvalue weighted by molar-refractivity contribution is 9.10. The second kappa shape index (κ2) is 3.94. The van der Waals surface area contributed by atoms with Gasteiger partial charge < -0.3 is 5.73 Å². The molecule has 2 aromatic rings. The van der Waals surface area contributed by atoms with Crippen LogP contribution in [-0.4, -0.2) is 4.98 Å². The van der Waals surface area contributed by atoms with E-state index in [1.54, 1.807) is 0 Å². The monoisotopic (exact) mass is 282 g/mol. The Morgan fingerprint density at radius 1 is 1.27 bits per heavy atom. The minimum Gasteiger partial charge on any atom is -0.375 e. The first-order chi connectivity index (χ1) is 7.08. The summed E-state index contributed by atoms with van der Waals surface area (Å²) < 4.78 is 1.14. The molecule has 0 radical (unpaired) electrons. The lowest BCUT2D eigenvalue weighted by molar-refractivity contribution is 1.36. The Hall–Kier alpha value is -0.870. The van der Waals surface area contributed by atoms with Gasteiger partial charge in [-0.25, -0.2) is 4.98 Å². The van der Waals surface area contributed by atoms with Crippen molar-refractivity contribution >= 4 is 32.4 Å². The second-order valence-corrected chi connectivity index (χ2v) is 5.40. The van der Waals surface area contributed by atoms with Gasteiger partial charge in [-0.15, -0.1) is 0 Å². The van der Waals surface area contributed by atoms with Crippen molar-refractivity contribution in [3.05, 3.63) is 33.9 Å². The fraction of sp³-hybridized carbons (Fsp3) is 0.182. The smallest absolute Gasteiger partial charge is 0.180 e. The van der Waals surface area contributed by atoms with E-state index in [-0.39, 0.29) is 0 Å². The number of thiazole rings is 1.